The molecule has 0 aliphatic heterocycles. The molecule has 22 heavy (non-hydrogen) atoms. The summed E-state index contributed by atoms with van der Waals surface area (Å²) >= 11 is 0. The minimum absolute atomic E-state index is 0.102. The number of urea groups is 1. The van der Waals surface area contributed by atoms with Crippen LogP contribution in [0.3, 0.4) is 0 Å². The van der Waals surface area contributed by atoms with Gasteiger partial charge in [-0.25, -0.2) is 4.79 Å². The normalized spacial score (nSPS) is 24.2. The molecule has 0 saturated heterocycles. The Morgan fingerprint density at radius 3 is 2.64 bits per heavy atom. The van der Waals surface area contributed by atoms with Gasteiger partial charge in [0, 0.05) is 31.4 Å². The van der Waals surface area contributed by atoms with Crippen LogP contribution in [0.25, 0.3) is 0 Å². The Morgan fingerprint density at radius 2 is 2.00 bits per heavy atom. The van der Waals surface area contributed by atoms with Crippen LogP contribution in [0.2, 0.25) is 0 Å². The summed E-state index contributed by atoms with van der Waals surface area (Å²) in [7, 11) is 3.98. The van der Waals surface area contributed by atoms with Crippen molar-refractivity contribution in [3.05, 3.63) is 17.5 Å². The smallest absolute Gasteiger partial charge is 0.317 e. The fraction of sp³-hybridized carbons (Fsp3) is 0.765. The number of carbonyl (C=O) groups is 1. The van der Waals surface area contributed by atoms with Crippen LogP contribution in [-0.4, -0.2) is 33.8 Å². The molecule has 1 aromatic rings. The van der Waals surface area contributed by atoms with Gasteiger partial charge in [-0.2, -0.15) is 5.10 Å². The summed E-state index contributed by atoms with van der Waals surface area (Å²) in [6.07, 6.45) is 10.3. The lowest BCUT2D eigenvalue weighted by Crippen LogP contribution is -2.47. The largest absolute Gasteiger partial charge is 0.331 e. The molecule has 0 unspecified atom stereocenters. The zero-order valence-corrected chi connectivity index (χ0v) is 13.6. The summed E-state index contributed by atoms with van der Waals surface area (Å²) < 4.78 is 1.95. The Kier molecular flexibility index (Phi) is 3.39. The van der Waals surface area contributed by atoms with E-state index in [1.807, 2.05) is 29.9 Å². The summed E-state index contributed by atoms with van der Waals surface area (Å²) in [5, 5.41) is 7.63. The SMILES string of the molecule is CN(C(=O)N[C@@H]1CCCc2c1cnn2C)C(C1CC1)C1CC1. The predicted octanol–water partition coefficient (Wildman–Crippen LogP) is 2.63. The summed E-state index contributed by atoms with van der Waals surface area (Å²) in [6, 6.07) is 0.703. The third-order valence-corrected chi connectivity index (χ3v) is 5.65. The van der Waals surface area contributed by atoms with Crippen molar-refractivity contribution in [2.24, 2.45) is 18.9 Å². The van der Waals surface area contributed by atoms with Gasteiger partial charge in [-0.1, -0.05) is 0 Å². The molecule has 4 rings (SSSR count). The van der Waals surface area contributed by atoms with Crippen LogP contribution < -0.4 is 5.32 Å². The molecule has 0 spiro atoms. The van der Waals surface area contributed by atoms with Gasteiger partial charge in [0.1, 0.15) is 0 Å². The second-order valence-electron chi connectivity index (χ2n) is 7.34. The third kappa shape index (κ3) is 2.50. The van der Waals surface area contributed by atoms with Crippen LogP contribution in [0.5, 0.6) is 0 Å². The number of nitrogens with one attached hydrogen (secondary N) is 1. The minimum atomic E-state index is 0.102. The van der Waals surface area contributed by atoms with E-state index in [1.165, 1.54) is 36.9 Å². The van der Waals surface area contributed by atoms with Gasteiger partial charge in [-0.05, 0) is 56.8 Å². The van der Waals surface area contributed by atoms with Crippen LogP contribution in [-0.2, 0) is 13.5 Å². The monoisotopic (exact) mass is 302 g/mol. The molecule has 0 aromatic carbocycles. The fourth-order valence-corrected chi connectivity index (χ4v) is 4.14. The third-order valence-electron chi connectivity index (χ3n) is 5.65. The highest BCUT2D eigenvalue weighted by molar-refractivity contribution is 5.75. The molecule has 0 radical (unpaired) electrons. The lowest BCUT2D eigenvalue weighted by Gasteiger charge is -2.31. The molecule has 1 N–H and O–H groups in total. The summed E-state index contributed by atoms with van der Waals surface area (Å²) in [6.45, 7) is 0. The van der Waals surface area contributed by atoms with Crippen molar-refractivity contribution in [3.63, 3.8) is 0 Å². The quantitative estimate of drug-likeness (QED) is 0.929. The minimum Gasteiger partial charge on any atom is -0.331 e. The average Bonchev–Trinajstić information content (AvgIpc) is 3.42. The first-order chi connectivity index (χ1) is 10.6. The molecule has 120 valence electrons. The van der Waals surface area contributed by atoms with Crippen molar-refractivity contribution >= 4 is 6.03 Å². The molecule has 2 saturated carbocycles. The van der Waals surface area contributed by atoms with Gasteiger partial charge in [-0.3, -0.25) is 4.68 Å². The molecule has 1 atom stereocenters. The van der Waals surface area contributed by atoms with Crippen molar-refractivity contribution in [2.45, 2.75) is 57.0 Å². The number of amides is 2. The molecule has 3 aliphatic carbocycles. The summed E-state index contributed by atoms with van der Waals surface area (Å²) in [4.78, 5) is 14.7. The zero-order chi connectivity index (χ0) is 15.3. The van der Waals surface area contributed by atoms with Gasteiger partial charge in [0.15, 0.2) is 0 Å². The zero-order valence-electron chi connectivity index (χ0n) is 13.6. The fourth-order valence-electron chi connectivity index (χ4n) is 4.14. The number of fused-ring (bicyclic) bond motifs is 1. The van der Waals surface area contributed by atoms with Gasteiger partial charge in [0.2, 0.25) is 0 Å². The van der Waals surface area contributed by atoms with Crippen LogP contribution in [0.4, 0.5) is 4.79 Å². The van der Waals surface area contributed by atoms with E-state index >= 15 is 0 Å². The highest BCUT2D eigenvalue weighted by atomic mass is 16.2. The standard InChI is InChI=1S/C17H26N4O/c1-20(16(11-6-7-11)12-8-9-12)17(22)19-14-4-3-5-15-13(14)10-18-21(15)2/h10-12,14,16H,3-9H2,1-2H3,(H,19,22)/t14-/m1/s1. The summed E-state index contributed by atoms with van der Waals surface area (Å²) in [5.41, 5.74) is 2.49. The van der Waals surface area contributed by atoms with Crippen LogP contribution in [0.15, 0.2) is 6.20 Å². The van der Waals surface area contributed by atoms with Crippen LogP contribution in [0.1, 0.15) is 55.8 Å². The van der Waals surface area contributed by atoms with Crippen LogP contribution >= 0.6 is 0 Å². The molecule has 2 fully saturated rings. The van der Waals surface area contributed by atoms with Crippen molar-refractivity contribution in [1.29, 1.82) is 0 Å². The van der Waals surface area contributed by atoms with Gasteiger partial charge in [-0.15, -0.1) is 0 Å². The van der Waals surface area contributed by atoms with E-state index < -0.39 is 0 Å². The first-order valence-corrected chi connectivity index (χ1v) is 8.69. The number of hydrogen-bond donors (Lipinski definition) is 1. The Hall–Kier alpha value is -1.52. The van der Waals surface area contributed by atoms with E-state index in [1.54, 1.807) is 0 Å². The maximum atomic E-state index is 12.7. The Bertz CT molecular complexity index is 561. The molecule has 5 heteroatoms. The van der Waals surface area contributed by atoms with E-state index in [0.29, 0.717) is 6.04 Å². The molecule has 3 aliphatic rings. The maximum Gasteiger partial charge on any atom is 0.317 e. The Balaban J connectivity index is 1.45. The van der Waals surface area contributed by atoms with Crippen molar-refractivity contribution < 1.29 is 4.79 Å². The predicted molar refractivity (Wildman–Crippen MR) is 84.4 cm³/mol. The average molecular weight is 302 g/mol. The first kappa shape index (κ1) is 14.1. The van der Waals surface area contributed by atoms with Crippen LogP contribution in [0, 0.1) is 11.8 Å². The van der Waals surface area contributed by atoms with Crippen molar-refractivity contribution in [1.82, 2.24) is 20.0 Å². The number of aromatic nitrogens is 2. The maximum absolute atomic E-state index is 12.7. The number of nitrogens with zero attached hydrogens (tertiary/aromatic N) is 3. The highest BCUT2D eigenvalue weighted by Gasteiger charge is 2.45. The van der Waals surface area contributed by atoms with E-state index in [2.05, 4.69) is 10.4 Å². The highest BCUT2D eigenvalue weighted by Crippen LogP contribution is 2.47. The molecule has 0 bridgehead atoms. The van der Waals surface area contributed by atoms with Gasteiger partial charge in [0.05, 0.1) is 12.2 Å². The van der Waals surface area contributed by atoms with Gasteiger partial charge < -0.3 is 10.2 Å². The second kappa shape index (κ2) is 5.28. The van der Waals surface area contributed by atoms with Crippen molar-refractivity contribution in [2.75, 3.05) is 7.05 Å². The van der Waals surface area contributed by atoms with E-state index in [0.717, 1.165) is 31.1 Å². The van der Waals surface area contributed by atoms with E-state index in [9.17, 15) is 4.79 Å². The van der Waals surface area contributed by atoms with Crippen molar-refractivity contribution in [3.8, 4) is 0 Å². The number of carbonyl (C=O) groups excluding carboxylic acids is 1. The van der Waals surface area contributed by atoms with E-state index in [4.69, 9.17) is 0 Å². The van der Waals surface area contributed by atoms with Gasteiger partial charge in [0.25, 0.3) is 0 Å². The lowest BCUT2D eigenvalue weighted by atomic mass is 9.93. The Morgan fingerprint density at radius 1 is 1.32 bits per heavy atom. The second-order valence-corrected chi connectivity index (χ2v) is 7.34. The number of aryl methyl sites for hydroxylation is 1. The molecule has 2 amide bonds. The first-order valence-electron chi connectivity index (χ1n) is 8.69. The Labute approximate surface area is 132 Å². The molecular formula is C17H26N4O. The van der Waals surface area contributed by atoms with Gasteiger partial charge >= 0.3 is 6.03 Å². The molecular weight excluding hydrogens is 276 g/mol. The topological polar surface area (TPSA) is 50.2 Å². The number of rotatable bonds is 4. The van der Waals surface area contributed by atoms with E-state index in [-0.39, 0.29) is 12.1 Å². The molecule has 1 heterocycles. The number of hydrogen-bond acceptors (Lipinski definition) is 2. The summed E-state index contributed by atoms with van der Waals surface area (Å²) in [5.74, 6) is 1.51. The lowest BCUT2D eigenvalue weighted by molar-refractivity contribution is 0.169. The molecule has 5 nitrogen and oxygen atoms in total. The molecule has 1 aromatic heterocycles.